The quantitative estimate of drug-likeness (QED) is 0.889. The van der Waals surface area contributed by atoms with Crippen molar-refractivity contribution in [2.45, 2.75) is 38.4 Å². The Labute approximate surface area is 114 Å². The van der Waals surface area contributed by atoms with Gasteiger partial charge in [-0.3, -0.25) is 0 Å². The highest BCUT2D eigenvalue weighted by Crippen LogP contribution is 2.35. The van der Waals surface area contributed by atoms with E-state index < -0.39 is 6.17 Å². The van der Waals surface area contributed by atoms with E-state index in [-0.39, 0.29) is 0 Å². The van der Waals surface area contributed by atoms with Crippen LogP contribution in [0.5, 0.6) is 11.5 Å². The molecule has 1 heterocycles. The van der Waals surface area contributed by atoms with Crippen LogP contribution in [-0.4, -0.2) is 26.8 Å². The molecule has 0 bridgehead atoms. The second-order valence-corrected chi connectivity index (χ2v) is 5.02. The monoisotopic (exact) mass is 267 g/mol. The van der Waals surface area contributed by atoms with E-state index in [0.717, 1.165) is 24.3 Å². The normalized spacial score (nSPS) is 20.3. The van der Waals surface area contributed by atoms with Crippen molar-refractivity contribution in [1.29, 1.82) is 0 Å². The lowest BCUT2D eigenvalue weighted by Gasteiger charge is -2.18. The third-order valence-electron chi connectivity index (χ3n) is 3.69. The van der Waals surface area contributed by atoms with Crippen LogP contribution < -0.4 is 14.8 Å². The van der Waals surface area contributed by atoms with Crippen molar-refractivity contribution >= 4 is 0 Å². The predicted octanol–water partition coefficient (Wildman–Crippen LogP) is 3.03. The summed E-state index contributed by atoms with van der Waals surface area (Å²) in [5.41, 5.74) is 1.62. The molecule has 1 aliphatic heterocycles. The second kappa shape index (κ2) is 6.24. The molecule has 0 aromatic heterocycles. The molecule has 0 radical (unpaired) electrons. The van der Waals surface area contributed by atoms with Gasteiger partial charge in [0.15, 0.2) is 0 Å². The fraction of sp³-hybridized carbons (Fsp3) is 0.600. The third-order valence-corrected chi connectivity index (χ3v) is 3.69. The van der Waals surface area contributed by atoms with Crippen LogP contribution in [0.2, 0.25) is 0 Å². The Kier molecular flexibility index (Phi) is 4.64. The molecule has 2 atom stereocenters. The summed E-state index contributed by atoms with van der Waals surface area (Å²) in [6.07, 6.45) is 2.21. The molecular weight excluding hydrogens is 245 g/mol. The average molecular weight is 267 g/mol. The molecule has 19 heavy (non-hydrogen) atoms. The summed E-state index contributed by atoms with van der Waals surface area (Å²) in [6, 6.07) is 4.14. The lowest BCUT2D eigenvalue weighted by molar-refractivity contribution is 0.341. The summed E-state index contributed by atoms with van der Waals surface area (Å²) >= 11 is 0. The summed E-state index contributed by atoms with van der Waals surface area (Å²) in [5, 5.41) is 3.46. The number of alkyl halides is 1. The van der Waals surface area contributed by atoms with Crippen LogP contribution in [0.1, 0.15) is 37.1 Å². The number of halogens is 1. The van der Waals surface area contributed by atoms with Crippen molar-refractivity contribution in [2.75, 3.05) is 20.8 Å². The molecule has 106 valence electrons. The zero-order valence-corrected chi connectivity index (χ0v) is 11.8. The zero-order valence-electron chi connectivity index (χ0n) is 11.8. The van der Waals surface area contributed by atoms with E-state index in [9.17, 15) is 4.39 Å². The van der Waals surface area contributed by atoms with Crippen LogP contribution in [0.3, 0.4) is 0 Å². The van der Waals surface area contributed by atoms with Crippen molar-refractivity contribution in [3.8, 4) is 11.5 Å². The van der Waals surface area contributed by atoms with E-state index in [4.69, 9.17) is 9.47 Å². The molecular formula is C15H22FNO2. The van der Waals surface area contributed by atoms with E-state index in [2.05, 4.69) is 5.32 Å². The first-order chi connectivity index (χ1) is 9.15. The molecule has 2 unspecified atom stereocenters. The van der Waals surface area contributed by atoms with Crippen LogP contribution in [0.15, 0.2) is 12.1 Å². The summed E-state index contributed by atoms with van der Waals surface area (Å²) in [4.78, 5) is 0. The maximum absolute atomic E-state index is 13.6. The minimum atomic E-state index is -1.07. The number of hydrogen-bond donors (Lipinski definition) is 1. The van der Waals surface area contributed by atoms with Crippen LogP contribution in [0.25, 0.3) is 0 Å². The summed E-state index contributed by atoms with van der Waals surface area (Å²) in [6.45, 7) is 2.58. The fourth-order valence-corrected chi connectivity index (χ4v) is 2.65. The maximum Gasteiger partial charge on any atom is 0.126 e. The van der Waals surface area contributed by atoms with Gasteiger partial charge in [-0.05, 0) is 50.4 Å². The van der Waals surface area contributed by atoms with Gasteiger partial charge >= 0.3 is 0 Å². The first-order valence-corrected chi connectivity index (χ1v) is 6.78. The number of benzene rings is 1. The highest BCUT2D eigenvalue weighted by molar-refractivity contribution is 5.47. The van der Waals surface area contributed by atoms with Gasteiger partial charge in [-0.15, -0.1) is 0 Å². The molecule has 1 aromatic carbocycles. The standard InChI is InChI=1S/C15H22FNO2/c1-10(16)13-9-14(18-2)11(8-15(13)19-3)7-12-5-4-6-17-12/h8-10,12,17H,4-7H2,1-3H3. The molecule has 0 saturated carbocycles. The number of rotatable bonds is 5. The van der Waals surface area contributed by atoms with Gasteiger partial charge in [0.25, 0.3) is 0 Å². The summed E-state index contributed by atoms with van der Waals surface area (Å²) in [5.74, 6) is 1.35. The maximum atomic E-state index is 13.6. The SMILES string of the molecule is COc1cc(C(C)F)c(OC)cc1CC1CCCN1. The highest BCUT2D eigenvalue weighted by atomic mass is 19.1. The predicted molar refractivity (Wildman–Crippen MR) is 73.8 cm³/mol. The average Bonchev–Trinajstić information content (AvgIpc) is 2.90. The fourth-order valence-electron chi connectivity index (χ4n) is 2.65. The second-order valence-electron chi connectivity index (χ2n) is 5.02. The lowest BCUT2D eigenvalue weighted by Crippen LogP contribution is -2.23. The van der Waals surface area contributed by atoms with Gasteiger partial charge in [0.2, 0.25) is 0 Å². The van der Waals surface area contributed by atoms with Gasteiger partial charge < -0.3 is 14.8 Å². The third kappa shape index (κ3) is 3.18. The molecule has 0 amide bonds. The molecule has 4 heteroatoms. The van der Waals surface area contributed by atoms with Crippen molar-refractivity contribution in [1.82, 2.24) is 5.32 Å². The Morgan fingerprint density at radius 1 is 1.32 bits per heavy atom. The molecule has 1 aliphatic rings. The lowest BCUT2D eigenvalue weighted by atomic mass is 9.99. The number of ether oxygens (including phenoxy) is 2. The number of hydrogen-bond acceptors (Lipinski definition) is 3. The minimum Gasteiger partial charge on any atom is -0.496 e. The summed E-state index contributed by atoms with van der Waals surface area (Å²) < 4.78 is 24.3. The van der Waals surface area contributed by atoms with Crippen LogP contribution >= 0.6 is 0 Å². The van der Waals surface area contributed by atoms with Crippen LogP contribution in [0, 0.1) is 0 Å². The van der Waals surface area contributed by atoms with Gasteiger partial charge in [0.05, 0.1) is 14.2 Å². The van der Waals surface area contributed by atoms with E-state index in [0.29, 0.717) is 17.4 Å². The largest absolute Gasteiger partial charge is 0.496 e. The molecule has 1 saturated heterocycles. The zero-order chi connectivity index (χ0) is 13.8. The van der Waals surface area contributed by atoms with E-state index in [1.165, 1.54) is 19.8 Å². The molecule has 1 aromatic rings. The van der Waals surface area contributed by atoms with Gasteiger partial charge in [-0.2, -0.15) is 0 Å². The van der Waals surface area contributed by atoms with Gasteiger partial charge in [0, 0.05) is 11.6 Å². The minimum absolute atomic E-state index is 0.479. The van der Waals surface area contributed by atoms with E-state index >= 15 is 0 Å². The number of methoxy groups -OCH3 is 2. The van der Waals surface area contributed by atoms with Gasteiger partial charge in [0.1, 0.15) is 17.7 Å². The Hall–Kier alpha value is -1.29. The van der Waals surface area contributed by atoms with Gasteiger partial charge in [-0.1, -0.05) is 0 Å². The Bertz CT molecular complexity index is 428. The first-order valence-electron chi connectivity index (χ1n) is 6.78. The van der Waals surface area contributed by atoms with Crippen molar-refractivity contribution in [3.05, 3.63) is 23.3 Å². The molecule has 0 spiro atoms. The molecule has 1 N–H and O–H groups in total. The molecule has 1 fully saturated rings. The van der Waals surface area contributed by atoms with Crippen molar-refractivity contribution in [2.24, 2.45) is 0 Å². The topological polar surface area (TPSA) is 30.5 Å². The van der Waals surface area contributed by atoms with Crippen LogP contribution in [-0.2, 0) is 6.42 Å². The van der Waals surface area contributed by atoms with E-state index in [1.54, 1.807) is 20.3 Å². The van der Waals surface area contributed by atoms with Gasteiger partial charge in [-0.25, -0.2) is 4.39 Å². The van der Waals surface area contributed by atoms with E-state index in [1.807, 2.05) is 6.07 Å². The molecule has 3 nitrogen and oxygen atoms in total. The Morgan fingerprint density at radius 3 is 2.58 bits per heavy atom. The molecule has 2 rings (SSSR count). The first kappa shape index (κ1) is 14.1. The molecule has 0 aliphatic carbocycles. The van der Waals surface area contributed by atoms with Crippen LogP contribution in [0.4, 0.5) is 4.39 Å². The highest BCUT2D eigenvalue weighted by Gasteiger charge is 2.20. The number of nitrogens with one attached hydrogen (secondary N) is 1. The Morgan fingerprint density at radius 2 is 2.05 bits per heavy atom. The Balaban J connectivity index is 2.30. The van der Waals surface area contributed by atoms with Crippen molar-refractivity contribution < 1.29 is 13.9 Å². The van der Waals surface area contributed by atoms with Crippen molar-refractivity contribution in [3.63, 3.8) is 0 Å². The summed E-state index contributed by atoms with van der Waals surface area (Å²) in [7, 11) is 3.20. The smallest absolute Gasteiger partial charge is 0.126 e.